The van der Waals surface area contributed by atoms with Crippen molar-refractivity contribution in [1.29, 1.82) is 0 Å². The number of aliphatic carboxylic acids is 1. The van der Waals surface area contributed by atoms with E-state index in [1.165, 1.54) is 0 Å². The highest BCUT2D eigenvalue weighted by Gasteiger charge is 2.20. The minimum Gasteiger partial charge on any atom is -0.481 e. The standard InChI is InChI=1S/C22H27N3O4/c1-12(2)28-20-11-19(23-22(24-20)29-13(3)4)25-15(6)16(10-21(26)27)17-9-14(5)7-8-18(17)25/h7-9,11-13H,10H2,1-6H3,(H,26,27). The van der Waals surface area contributed by atoms with Crippen LogP contribution >= 0.6 is 0 Å². The van der Waals surface area contributed by atoms with Crippen LogP contribution < -0.4 is 9.47 Å². The summed E-state index contributed by atoms with van der Waals surface area (Å²) in [4.78, 5) is 20.4. The first-order valence-electron chi connectivity index (χ1n) is 9.70. The van der Waals surface area contributed by atoms with E-state index in [2.05, 4.69) is 9.97 Å². The average molecular weight is 397 g/mol. The third-order valence-electron chi connectivity index (χ3n) is 4.41. The Labute approximate surface area is 170 Å². The van der Waals surface area contributed by atoms with Crippen LogP contribution in [-0.2, 0) is 11.2 Å². The first kappa shape index (κ1) is 20.6. The second-order valence-electron chi connectivity index (χ2n) is 7.67. The van der Waals surface area contributed by atoms with Crippen molar-refractivity contribution in [2.75, 3.05) is 0 Å². The summed E-state index contributed by atoms with van der Waals surface area (Å²) in [6, 6.07) is 7.97. The molecule has 0 aliphatic heterocycles. The number of aryl methyl sites for hydroxylation is 1. The van der Waals surface area contributed by atoms with E-state index in [1.54, 1.807) is 6.07 Å². The van der Waals surface area contributed by atoms with Crippen molar-refractivity contribution < 1.29 is 19.4 Å². The molecular weight excluding hydrogens is 370 g/mol. The Balaban J connectivity index is 2.26. The van der Waals surface area contributed by atoms with Gasteiger partial charge in [-0.15, -0.1) is 0 Å². The number of carboxylic acid groups (broad SMARTS) is 1. The maximum Gasteiger partial charge on any atom is 0.321 e. The van der Waals surface area contributed by atoms with Crippen LogP contribution in [0.15, 0.2) is 24.3 Å². The van der Waals surface area contributed by atoms with Crippen LogP contribution in [0, 0.1) is 13.8 Å². The summed E-state index contributed by atoms with van der Waals surface area (Å²) < 4.78 is 13.5. The average Bonchev–Trinajstić information content (AvgIpc) is 2.84. The molecule has 1 N–H and O–H groups in total. The quantitative estimate of drug-likeness (QED) is 0.642. The fourth-order valence-corrected chi connectivity index (χ4v) is 3.34. The van der Waals surface area contributed by atoms with E-state index in [0.29, 0.717) is 11.7 Å². The molecule has 7 nitrogen and oxygen atoms in total. The highest BCUT2D eigenvalue weighted by atomic mass is 16.5. The Bertz CT molecular complexity index is 1030. The molecule has 0 bridgehead atoms. The van der Waals surface area contributed by atoms with Crippen LogP contribution in [0.2, 0.25) is 0 Å². The van der Waals surface area contributed by atoms with E-state index in [-0.39, 0.29) is 24.6 Å². The molecule has 1 aromatic carbocycles. The van der Waals surface area contributed by atoms with Crippen molar-refractivity contribution in [1.82, 2.24) is 14.5 Å². The number of aromatic nitrogens is 3. The van der Waals surface area contributed by atoms with Gasteiger partial charge in [-0.2, -0.15) is 9.97 Å². The minimum atomic E-state index is -0.871. The predicted molar refractivity (Wildman–Crippen MR) is 111 cm³/mol. The number of hydrogen-bond donors (Lipinski definition) is 1. The van der Waals surface area contributed by atoms with Crippen LogP contribution in [0.3, 0.4) is 0 Å². The maximum atomic E-state index is 11.5. The van der Waals surface area contributed by atoms with Crippen molar-refractivity contribution in [2.45, 2.75) is 60.2 Å². The summed E-state index contributed by atoms with van der Waals surface area (Å²) >= 11 is 0. The van der Waals surface area contributed by atoms with Gasteiger partial charge in [0.15, 0.2) is 0 Å². The lowest BCUT2D eigenvalue weighted by atomic mass is 10.1. The summed E-state index contributed by atoms with van der Waals surface area (Å²) in [5.74, 6) is 0.118. The van der Waals surface area contributed by atoms with Crippen LogP contribution in [0.5, 0.6) is 11.9 Å². The van der Waals surface area contributed by atoms with E-state index in [1.807, 2.05) is 64.3 Å². The number of carbonyl (C=O) groups is 1. The number of rotatable bonds is 7. The van der Waals surface area contributed by atoms with Gasteiger partial charge in [-0.05, 0) is 59.2 Å². The second kappa shape index (κ2) is 8.11. The van der Waals surface area contributed by atoms with Crippen LogP contribution in [-0.4, -0.2) is 37.8 Å². The predicted octanol–water partition coefficient (Wildman–Crippen LogP) is 4.24. The molecule has 0 saturated heterocycles. The molecule has 154 valence electrons. The smallest absolute Gasteiger partial charge is 0.321 e. The lowest BCUT2D eigenvalue weighted by Gasteiger charge is -2.15. The third-order valence-corrected chi connectivity index (χ3v) is 4.41. The lowest BCUT2D eigenvalue weighted by Crippen LogP contribution is -2.13. The number of ether oxygens (including phenoxy) is 2. The van der Waals surface area contributed by atoms with Gasteiger partial charge in [0.2, 0.25) is 5.88 Å². The molecule has 0 aliphatic carbocycles. The number of carboxylic acids is 1. The number of hydrogen-bond acceptors (Lipinski definition) is 5. The van der Waals surface area contributed by atoms with Crippen molar-refractivity contribution in [3.8, 4) is 17.7 Å². The van der Waals surface area contributed by atoms with Gasteiger partial charge in [-0.1, -0.05) is 11.6 Å². The minimum absolute atomic E-state index is 0.0580. The topological polar surface area (TPSA) is 86.5 Å². The van der Waals surface area contributed by atoms with E-state index in [4.69, 9.17) is 9.47 Å². The Morgan fingerprint density at radius 2 is 1.76 bits per heavy atom. The summed E-state index contributed by atoms with van der Waals surface area (Å²) in [5.41, 5.74) is 3.54. The van der Waals surface area contributed by atoms with Crippen molar-refractivity contribution >= 4 is 16.9 Å². The molecule has 0 radical (unpaired) electrons. The molecule has 2 aromatic heterocycles. The zero-order valence-corrected chi connectivity index (χ0v) is 17.7. The molecule has 0 fully saturated rings. The molecule has 0 atom stereocenters. The Kier molecular flexibility index (Phi) is 5.77. The zero-order valence-electron chi connectivity index (χ0n) is 17.7. The fourth-order valence-electron chi connectivity index (χ4n) is 3.34. The van der Waals surface area contributed by atoms with Crippen LogP contribution in [0.25, 0.3) is 16.7 Å². The van der Waals surface area contributed by atoms with E-state index in [9.17, 15) is 9.90 Å². The molecule has 0 unspecified atom stereocenters. The first-order valence-corrected chi connectivity index (χ1v) is 9.70. The maximum absolute atomic E-state index is 11.5. The van der Waals surface area contributed by atoms with Crippen LogP contribution in [0.1, 0.15) is 44.5 Å². The Morgan fingerprint density at radius 1 is 1.07 bits per heavy atom. The molecule has 7 heteroatoms. The molecule has 0 amide bonds. The molecular formula is C22H27N3O4. The van der Waals surface area contributed by atoms with E-state index in [0.717, 1.165) is 27.7 Å². The highest BCUT2D eigenvalue weighted by Crippen LogP contribution is 2.31. The summed E-state index contributed by atoms with van der Waals surface area (Å²) in [7, 11) is 0. The van der Waals surface area contributed by atoms with Gasteiger partial charge in [-0.25, -0.2) is 0 Å². The van der Waals surface area contributed by atoms with Gasteiger partial charge >= 0.3 is 12.0 Å². The normalized spacial score (nSPS) is 11.4. The number of benzene rings is 1. The SMILES string of the molecule is Cc1ccc2c(c1)c(CC(=O)O)c(C)n2-c1cc(OC(C)C)nc(OC(C)C)n1. The van der Waals surface area contributed by atoms with Gasteiger partial charge in [0.05, 0.1) is 24.1 Å². The second-order valence-corrected chi connectivity index (χ2v) is 7.67. The van der Waals surface area contributed by atoms with Crippen LogP contribution in [0.4, 0.5) is 0 Å². The zero-order chi connectivity index (χ0) is 21.3. The lowest BCUT2D eigenvalue weighted by molar-refractivity contribution is -0.136. The molecule has 0 spiro atoms. The van der Waals surface area contributed by atoms with E-state index >= 15 is 0 Å². The summed E-state index contributed by atoms with van der Waals surface area (Å²) in [6.07, 6.45) is -0.212. The van der Waals surface area contributed by atoms with Gasteiger partial charge < -0.3 is 14.6 Å². The first-order chi connectivity index (χ1) is 13.7. The third kappa shape index (κ3) is 4.50. The monoisotopic (exact) mass is 397 g/mol. The Morgan fingerprint density at radius 3 is 2.38 bits per heavy atom. The van der Waals surface area contributed by atoms with Gasteiger partial charge in [0.1, 0.15) is 5.82 Å². The van der Waals surface area contributed by atoms with Crippen molar-refractivity contribution in [3.63, 3.8) is 0 Å². The molecule has 3 aromatic rings. The van der Waals surface area contributed by atoms with Crippen molar-refractivity contribution in [2.24, 2.45) is 0 Å². The fraction of sp³-hybridized carbons (Fsp3) is 0.409. The molecule has 3 rings (SSSR count). The largest absolute Gasteiger partial charge is 0.481 e. The number of nitrogens with zero attached hydrogens (tertiary/aromatic N) is 3. The van der Waals surface area contributed by atoms with Gasteiger partial charge in [0, 0.05) is 17.1 Å². The molecule has 0 aliphatic rings. The van der Waals surface area contributed by atoms with Crippen molar-refractivity contribution in [3.05, 3.63) is 41.1 Å². The van der Waals surface area contributed by atoms with Gasteiger partial charge in [0.25, 0.3) is 0 Å². The summed E-state index contributed by atoms with van der Waals surface area (Å²) in [6.45, 7) is 11.6. The molecule has 0 saturated carbocycles. The Hall–Kier alpha value is -3.09. The number of fused-ring (bicyclic) bond motifs is 1. The highest BCUT2D eigenvalue weighted by molar-refractivity contribution is 5.90. The van der Waals surface area contributed by atoms with E-state index < -0.39 is 5.97 Å². The summed E-state index contributed by atoms with van der Waals surface area (Å²) in [5, 5.41) is 10.3. The molecule has 29 heavy (non-hydrogen) atoms. The van der Waals surface area contributed by atoms with Gasteiger partial charge in [-0.3, -0.25) is 9.36 Å². The molecule has 2 heterocycles.